The first kappa shape index (κ1) is 17.4. The predicted octanol–water partition coefficient (Wildman–Crippen LogP) is 2.64. The van der Waals surface area contributed by atoms with Crippen LogP contribution in [0.2, 0.25) is 0 Å². The molecule has 0 spiro atoms. The van der Waals surface area contributed by atoms with Gasteiger partial charge in [0.2, 0.25) is 5.95 Å². The van der Waals surface area contributed by atoms with Gasteiger partial charge in [0.1, 0.15) is 5.69 Å². The Kier molecular flexibility index (Phi) is 5.47. The molecule has 24 heavy (non-hydrogen) atoms. The van der Waals surface area contributed by atoms with E-state index in [9.17, 15) is 9.59 Å². The Balaban J connectivity index is 2.14. The number of carbonyl (C=O) groups is 2. The number of carbonyl (C=O) groups excluding carboxylic acids is 2. The van der Waals surface area contributed by atoms with Gasteiger partial charge in [-0.2, -0.15) is 0 Å². The van der Waals surface area contributed by atoms with E-state index in [0.717, 1.165) is 0 Å². The Morgan fingerprint density at radius 2 is 1.79 bits per heavy atom. The second-order valence-electron chi connectivity index (χ2n) is 5.54. The standard InChI is InChI=1S/C17H20N4O3/c1-10(2)18-17-19-11(3)9-14(21-17)15(22)20-13-7-5-12(6-8-13)16(23)24-4/h5-10H,1-4H3,(H,20,22)(H,18,19,21). The molecule has 7 nitrogen and oxygen atoms in total. The quantitative estimate of drug-likeness (QED) is 0.820. The van der Waals surface area contributed by atoms with E-state index in [-0.39, 0.29) is 17.6 Å². The van der Waals surface area contributed by atoms with E-state index < -0.39 is 5.97 Å². The van der Waals surface area contributed by atoms with Crippen molar-refractivity contribution in [2.24, 2.45) is 0 Å². The minimum atomic E-state index is -0.427. The van der Waals surface area contributed by atoms with Crippen molar-refractivity contribution in [1.82, 2.24) is 9.97 Å². The van der Waals surface area contributed by atoms with Crippen molar-refractivity contribution in [3.8, 4) is 0 Å². The van der Waals surface area contributed by atoms with Crippen LogP contribution in [0.1, 0.15) is 40.4 Å². The average molecular weight is 328 g/mol. The summed E-state index contributed by atoms with van der Waals surface area (Å²) in [6.07, 6.45) is 0. The zero-order chi connectivity index (χ0) is 17.7. The molecule has 0 saturated carbocycles. The number of rotatable bonds is 5. The lowest BCUT2D eigenvalue weighted by Gasteiger charge is -2.11. The third kappa shape index (κ3) is 4.52. The van der Waals surface area contributed by atoms with Crippen LogP contribution in [0.5, 0.6) is 0 Å². The monoisotopic (exact) mass is 328 g/mol. The molecular weight excluding hydrogens is 308 g/mol. The van der Waals surface area contributed by atoms with Gasteiger partial charge in [-0.25, -0.2) is 14.8 Å². The molecule has 2 aromatic rings. The highest BCUT2D eigenvalue weighted by molar-refractivity contribution is 6.03. The van der Waals surface area contributed by atoms with Crippen molar-refractivity contribution in [3.63, 3.8) is 0 Å². The van der Waals surface area contributed by atoms with Gasteiger partial charge in [-0.15, -0.1) is 0 Å². The minimum Gasteiger partial charge on any atom is -0.465 e. The molecule has 0 radical (unpaired) electrons. The Bertz CT molecular complexity index is 742. The number of nitrogens with zero attached hydrogens (tertiary/aromatic N) is 2. The number of aromatic nitrogens is 2. The summed E-state index contributed by atoms with van der Waals surface area (Å²) < 4.78 is 4.63. The molecule has 2 N–H and O–H groups in total. The van der Waals surface area contributed by atoms with E-state index in [1.54, 1.807) is 37.3 Å². The fourth-order valence-corrected chi connectivity index (χ4v) is 2.01. The van der Waals surface area contributed by atoms with Gasteiger partial charge >= 0.3 is 5.97 Å². The molecule has 1 aromatic heterocycles. The summed E-state index contributed by atoms with van der Waals surface area (Å²) in [5.41, 5.74) is 1.93. The molecule has 0 unspecified atom stereocenters. The van der Waals surface area contributed by atoms with Crippen molar-refractivity contribution in [2.45, 2.75) is 26.8 Å². The second kappa shape index (κ2) is 7.54. The van der Waals surface area contributed by atoms with Crippen molar-refractivity contribution in [3.05, 3.63) is 47.3 Å². The van der Waals surface area contributed by atoms with Gasteiger partial charge in [-0.1, -0.05) is 0 Å². The molecular formula is C17H20N4O3. The van der Waals surface area contributed by atoms with Crippen LogP contribution < -0.4 is 10.6 Å². The summed E-state index contributed by atoms with van der Waals surface area (Å²) in [6, 6.07) is 8.20. The molecule has 0 aliphatic heterocycles. The second-order valence-corrected chi connectivity index (χ2v) is 5.54. The lowest BCUT2D eigenvalue weighted by atomic mass is 10.2. The topological polar surface area (TPSA) is 93.2 Å². The van der Waals surface area contributed by atoms with Gasteiger partial charge in [0.05, 0.1) is 12.7 Å². The molecule has 7 heteroatoms. The number of hydrogen-bond acceptors (Lipinski definition) is 6. The molecule has 2 rings (SSSR count). The molecule has 1 heterocycles. The lowest BCUT2D eigenvalue weighted by molar-refractivity contribution is 0.0600. The van der Waals surface area contributed by atoms with Crippen molar-refractivity contribution >= 4 is 23.5 Å². The van der Waals surface area contributed by atoms with Gasteiger partial charge in [0, 0.05) is 17.4 Å². The summed E-state index contributed by atoms with van der Waals surface area (Å²) >= 11 is 0. The summed E-state index contributed by atoms with van der Waals surface area (Å²) in [5.74, 6) is -0.363. The van der Waals surface area contributed by atoms with Gasteiger partial charge in [-0.3, -0.25) is 4.79 Å². The fourth-order valence-electron chi connectivity index (χ4n) is 2.01. The zero-order valence-corrected chi connectivity index (χ0v) is 14.1. The summed E-state index contributed by atoms with van der Waals surface area (Å²) in [4.78, 5) is 32.2. The van der Waals surface area contributed by atoms with Crippen LogP contribution in [0.25, 0.3) is 0 Å². The lowest BCUT2D eigenvalue weighted by Crippen LogP contribution is -2.18. The summed E-state index contributed by atoms with van der Waals surface area (Å²) in [6.45, 7) is 5.73. The van der Waals surface area contributed by atoms with E-state index in [0.29, 0.717) is 22.9 Å². The van der Waals surface area contributed by atoms with Crippen LogP contribution >= 0.6 is 0 Å². The maximum Gasteiger partial charge on any atom is 0.337 e. The number of benzene rings is 1. The van der Waals surface area contributed by atoms with E-state index >= 15 is 0 Å². The number of ether oxygens (including phenoxy) is 1. The molecule has 0 aliphatic carbocycles. The van der Waals surface area contributed by atoms with Crippen LogP contribution in [0.4, 0.5) is 11.6 Å². The maximum atomic E-state index is 12.4. The summed E-state index contributed by atoms with van der Waals surface area (Å²) in [5, 5.41) is 5.82. The Morgan fingerprint density at radius 3 is 2.38 bits per heavy atom. The molecule has 126 valence electrons. The number of aryl methyl sites for hydroxylation is 1. The Labute approximate surface area is 140 Å². The minimum absolute atomic E-state index is 0.161. The normalized spacial score (nSPS) is 10.4. The number of amides is 1. The highest BCUT2D eigenvalue weighted by atomic mass is 16.5. The van der Waals surface area contributed by atoms with Crippen LogP contribution in [0.15, 0.2) is 30.3 Å². The predicted molar refractivity (Wildman–Crippen MR) is 91.3 cm³/mol. The molecule has 0 atom stereocenters. The first-order chi connectivity index (χ1) is 11.4. The van der Waals surface area contributed by atoms with Gasteiger partial charge in [0.15, 0.2) is 0 Å². The molecule has 1 aromatic carbocycles. The third-order valence-corrected chi connectivity index (χ3v) is 3.07. The first-order valence-electron chi connectivity index (χ1n) is 7.51. The number of methoxy groups -OCH3 is 1. The molecule has 0 aliphatic rings. The summed E-state index contributed by atoms with van der Waals surface area (Å²) in [7, 11) is 1.32. The molecule has 1 amide bonds. The SMILES string of the molecule is COC(=O)c1ccc(NC(=O)c2cc(C)nc(NC(C)C)n2)cc1. The highest BCUT2D eigenvalue weighted by Gasteiger charge is 2.12. The van der Waals surface area contributed by atoms with E-state index in [1.807, 2.05) is 13.8 Å². The first-order valence-corrected chi connectivity index (χ1v) is 7.51. The van der Waals surface area contributed by atoms with Gasteiger partial charge in [0.25, 0.3) is 5.91 Å². The Hall–Kier alpha value is -2.96. The zero-order valence-electron chi connectivity index (χ0n) is 14.1. The van der Waals surface area contributed by atoms with Crippen molar-refractivity contribution in [2.75, 3.05) is 17.7 Å². The number of anilines is 2. The molecule has 0 fully saturated rings. The van der Waals surface area contributed by atoms with Crippen LogP contribution in [-0.4, -0.2) is 35.0 Å². The largest absolute Gasteiger partial charge is 0.465 e. The number of hydrogen-bond donors (Lipinski definition) is 2. The average Bonchev–Trinajstić information content (AvgIpc) is 2.53. The van der Waals surface area contributed by atoms with Crippen LogP contribution in [0, 0.1) is 6.92 Å². The van der Waals surface area contributed by atoms with Crippen LogP contribution in [-0.2, 0) is 4.74 Å². The third-order valence-electron chi connectivity index (χ3n) is 3.07. The number of nitrogens with one attached hydrogen (secondary N) is 2. The Morgan fingerprint density at radius 1 is 1.12 bits per heavy atom. The van der Waals surface area contributed by atoms with Gasteiger partial charge in [-0.05, 0) is 51.1 Å². The van der Waals surface area contributed by atoms with E-state index in [2.05, 4.69) is 25.3 Å². The van der Waals surface area contributed by atoms with Gasteiger partial charge < -0.3 is 15.4 Å². The fraction of sp³-hybridized carbons (Fsp3) is 0.294. The van der Waals surface area contributed by atoms with E-state index in [1.165, 1.54) is 7.11 Å². The highest BCUT2D eigenvalue weighted by Crippen LogP contribution is 2.13. The van der Waals surface area contributed by atoms with Crippen molar-refractivity contribution in [1.29, 1.82) is 0 Å². The maximum absolute atomic E-state index is 12.4. The number of esters is 1. The van der Waals surface area contributed by atoms with E-state index in [4.69, 9.17) is 0 Å². The van der Waals surface area contributed by atoms with Crippen molar-refractivity contribution < 1.29 is 14.3 Å². The molecule has 0 saturated heterocycles. The smallest absolute Gasteiger partial charge is 0.337 e. The van der Waals surface area contributed by atoms with Crippen LogP contribution in [0.3, 0.4) is 0 Å². The molecule has 0 bridgehead atoms.